The van der Waals surface area contributed by atoms with E-state index in [1.54, 1.807) is 0 Å². The quantitative estimate of drug-likeness (QED) is 0.318. The van der Waals surface area contributed by atoms with Crippen LogP contribution < -0.4 is 16.2 Å². The Morgan fingerprint density at radius 2 is 2.00 bits per heavy atom. The summed E-state index contributed by atoms with van der Waals surface area (Å²) in [6.07, 6.45) is 0. The molecule has 0 saturated carbocycles. The fourth-order valence-corrected chi connectivity index (χ4v) is 1.43. The first-order valence-electron chi connectivity index (χ1n) is 5.03. The molecule has 19 heavy (non-hydrogen) atoms. The molecule has 0 bridgehead atoms. The number of nitrogen functional groups attached to an aromatic ring is 1. The molecule has 0 aliphatic rings. The maximum absolute atomic E-state index is 11.0. The highest BCUT2D eigenvalue weighted by Gasteiger charge is 2.26. The molecule has 1 rings (SSSR count). The van der Waals surface area contributed by atoms with Crippen molar-refractivity contribution in [3.05, 3.63) is 15.8 Å². The topological polar surface area (TPSA) is 158 Å². The van der Waals surface area contributed by atoms with E-state index in [2.05, 4.69) is 15.4 Å². The molecule has 1 aromatic heterocycles. The van der Waals surface area contributed by atoms with Crippen LogP contribution in [0.2, 0.25) is 0 Å². The Kier molecular flexibility index (Phi) is 4.51. The Balaban J connectivity index is 3.44. The SMILES string of the molecule is Cc1nc(NN)nc(N(CC#N)CC#N)c1[N+](=O)[O-]. The van der Waals surface area contributed by atoms with Gasteiger partial charge in [-0.2, -0.15) is 15.5 Å². The van der Waals surface area contributed by atoms with E-state index in [0.29, 0.717) is 0 Å². The molecule has 10 heteroatoms. The van der Waals surface area contributed by atoms with Gasteiger partial charge in [0.05, 0.1) is 17.1 Å². The molecule has 1 heterocycles. The van der Waals surface area contributed by atoms with E-state index < -0.39 is 4.92 Å². The predicted molar refractivity (Wildman–Crippen MR) is 64.7 cm³/mol. The Labute approximate surface area is 108 Å². The van der Waals surface area contributed by atoms with Crippen LogP contribution >= 0.6 is 0 Å². The van der Waals surface area contributed by atoms with Crippen molar-refractivity contribution in [2.24, 2.45) is 5.84 Å². The van der Waals surface area contributed by atoms with Gasteiger partial charge in [0, 0.05) is 0 Å². The van der Waals surface area contributed by atoms with E-state index in [0.717, 1.165) is 0 Å². The zero-order valence-corrected chi connectivity index (χ0v) is 9.99. The Morgan fingerprint density at radius 1 is 1.42 bits per heavy atom. The van der Waals surface area contributed by atoms with E-state index in [1.165, 1.54) is 11.8 Å². The summed E-state index contributed by atoms with van der Waals surface area (Å²) in [6.45, 7) is 0.991. The van der Waals surface area contributed by atoms with Crippen LogP contribution in [-0.4, -0.2) is 28.0 Å². The van der Waals surface area contributed by atoms with E-state index in [4.69, 9.17) is 16.4 Å². The van der Waals surface area contributed by atoms with Crippen molar-refractivity contribution in [2.75, 3.05) is 23.4 Å². The number of nitro groups is 1. The second-order valence-electron chi connectivity index (χ2n) is 3.38. The van der Waals surface area contributed by atoms with Gasteiger partial charge in [-0.15, -0.1) is 0 Å². The smallest absolute Gasteiger partial charge is 0.324 e. The highest BCUT2D eigenvalue weighted by Crippen LogP contribution is 2.29. The number of hydrazine groups is 1. The predicted octanol–water partition coefficient (Wildman–Crippen LogP) is -0.168. The van der Waals surface area contributed by atoms with Gasteiger partial charge in [-0.3, -0.25) is 15.5 Å². The molecule has 0 aliphatic heterocycles. The monoisotopic (exact) mass is 262 g/mol. The Hall–Kier alpha value is -2.98. The molecule has 0 aliphatic carbocycles. The molecule has 0 spiro atoms. The summed E-state index contributed by atoms with van der Waals surface area (Å²) in [5.41, 5.74) is 1.91. The second-order valence-corrected chi connectivity index (χ2v) is 3.38. The average molecular weight is 262 g/mol. The second kappa shape index (κ2) is 6.09. The summed E-state index contributed by atoms with van der Waals surface area (Å²) in [6, 6.07) is 3.63. The van der Waals surface area contributed by atoms with Gasteiger partial charge in [0.15, 0.2) is 0 Å². The molecule has 10 nitrogen and oxygen atoms in total. The van der Waals surface area contributed by atoms with E-state index >= 15 is 0 Å². The number of hydrogen-bond donors (Lipinski definition) is 2. The van der Waals surface area contributed by atoms with Gasteiger partial charge >= 0.3 is 5.69 Å². The summed E-state index contributed by atoms with van der Waals surface area (Å²) >= 11 is 0. The molecule has 0 saturated heterocycles. The minimum Gasteiger partial charge on any atom is -0.324 e. The average Bonchev–Trinajstić information content (AvgIpc) is 2.36. The molecule has 1 aromatic rings. The third-order valence-corrected chi connectivity index (χ3v) is 2.17. The van der Waals surface area contributed by atoms with Crippen LogP contribution in [0.5, 0.6) is 0 Å². The van der Waals surface area contributed by atoms with Gasteiger partial charge in [0.2, 0.25) is 11.8 Å². The van der Waals surface area contributed by atoms with Crippen molar-refractivity contribution >= 4 is 17.5 Å². The van der Waals surface area contributed by atoms with Gasteiger partial charge in [0.1, 0.15) is 18.8 Å². The lowest BCUT2D eigenvalue weighted by Gasteiger charge is -2.17. The Morgan fingerprint density at radius 3 is 2.42 bits per heavy atom. The molecule has 0 amide bonds. The number of hydrogen-bond acceptors (Lipinski definition) is 9. The third kappa shape index (κ3) is 3.02. The zero-order valence-electron chi connectivity index (χ0n) is 9.99. The van der Waals surface area contributed by atoms with Crippen molar-refractivity contribution in [3.8, 4) is 12.1 Å². The third-order valence-electron chi connectivity index (χ3n) is 2.17. The normalized spacial score (nSPS) is 9.26. The summed E-state index contributed by atoms with van der Waals surface area (Å²) in [5, 5.41) is 28.4. The lowest BCUT2D eigenvalue weighted by atomic mass is 10.3. The number of nitrogens with two attached hydrogens (primary N) is 1. The minimum atomic E-state index is -0.660. The van der Waals surface area contributed by atoms with Gasteiger partial charge < -0.3 is 4.90 Å². The molecular weight excluding hydrogens is 252 g/mol. The van der Waals surface area contributed by atoms with Gasteiger partial charge in [-0.25, -0.2) is 10.8 Å². The van der Waals surface area contributed by atoms with Crippen LogP contribution in [0.3, 0.4) is 0 Å². The number of rotatable bonds is 5. The molecular formula is C9H10N8O2. The number of aromatic nitrogens is 2. The Bertz CT molecular complexity index is 557. The van der Waals surface area contributed by atoms with Gasteiger partial charge in [0.25, 0.3) is 0 Å². The summed E-state index contributed by atoms with van der Waals surface area (Å²) < 4.78 is 0. The van der Waals surface area contributed by atoms with Crippen LogP contribution in [-0.2, 0) is 0 Å². The first-order chi connectivity index (χ1) is 9.04. The fraction of sp³-hybridized carbons (Fsp3) is 0.333. The number of anilines is 2. The summed E-state index contributed by atoms with van der Waals surface area (Å²) in [5.74, 6) is 5.02. The van der Waals surface area contributed by atoms with Crippen LogP contribution in [0.1, 0.15) is 5.69 Å². The molecule has 0 fully saturated rings. The van der Waals surface area contributed by atoms with Crippen molar-refractivity contribution in [3.63, 3.8) is 0 Å². The largest absolute Gasteiger partial charge is 0.332 e. The van der Waals surface area contributed by atoms with Crippen LogP contribution in [0, 0.1) is 39.7 Å². The standard InChI is InChI=1S/C9H10N8O2/c1-6-7(17(18)19)8(14-9(13-6)15-12)16(4-2-10)5-3-11/h4-5,12H2,1H3,(H,13,14,15). The number of nitriles is 2. The molecule has 0 radical (unpaired) electrons. The zero-order chi connectivity index (χ0) is 14.4. The number of nitrogens with one attached hydrogen (secondary N) is 1. The molecule has 3 N–H and O–H groups in total. The fourth-order valence-electron chi connectivity index (χ4n) is 1.43. The van der Waals surface area contributed by atoms with Gasteiger partial charge in [-0.05, 0) is 6.92 Å². The van der Waals surface area contributed by atoms with Crippen molar-refractivity contribution < 1.29 is 4.92 Å². The van der Waals surface area contributed by atoms with Crippen molar-refractivity contribution in [1.82, 2.24) is 9.97 Å². The summed E-state index contributed by atoms with van der Waals surface area (Å²) in [7, 11) is 0. The van der Waals surface area contributed by atoms with Crippen molar-refractivity contribution in [1.29, 1.82) is 10.5 Å². The highest BCUT2D eigenvalue weighted by molar-refractivity contribution is 5.63. The number of nitrogens with zero attached hydrogens (tertiary/aromatic N) is 6. The molecule has 0 aromatic carbocycles. The van der Waals surface area contributed by atoms with Gasteiger partial charge in [-0.1, -0.05) is 0 Å². The summed E-state index contributed by atoms with van der Waals surface area (Å²) in [4.78, 5) is 19.2. The van der Waals surface area contributed by atoms with Crippen LogP contribution in [0.25, 0.3) is 0 Å². The lowest BCUT2D eigenvalue weighted by Crippen LogP contribution is -2.27. The van der Waals surface area contributed by atoms with E-state index in [9.17, 15) is 10.1 Å². The first kappa shape index (κ1) is 14.1. The molecule has 0 unspecified atom stereocenters. The van der Waals surface area contributed by atoms with Crippen molar-refractivity contribution in [2.45, 2.75) is 6.92 Å². The van der Waals surface area contributed by atoms with E-state index in [-0.39, 0.29) is 36.2 Å². The van der Waals surface area contributed by atoms with E-state index in [1.807, 2.05) is 12.1 Å². The lowest BCUT2D eigenvalue weighted by molar-refractivity contribution is -0.385. The highest BCUT2D eigenvalue weighted by atomic mass is 16.6. The maximum atomic E-state index is 11.0. The minimum absolute atomic E-state index is 0.0287. The molecule has 98 valence electrons. The maximum Gasteiger partial charge on any atom is 0.332 e. The first-order valence-corrected chi connectivity index (χ1v) is 5.03. The molecule has 0 atom stereocenters. The van der Waals surface area contributed by atoms with Crippen LogP contribution in [0.15, 0.2) is 0 Å². The number of aryl methyl sites for hydroxylation is 1. The van der Waals surface area contributed by atoms with Crippen LogP contribution in [0.4, 0.5) is 17.5 Å².